The van der Waals surface area contributed by atoms with Crippen LogP contribution in [0, 0.1) is 0 Å². The van der Waals surface area contributed by atoms with Crippen LogP contribution in [0.5, 0.6) is 5.75 Å². The fourth-order valence-corrected chi connectivity index (χ4v) is 5.20. The highest BCUT2D eigenvalue weighted by atomic mass is 32.2. The fourth-order valence-electron chi connectivity index (χ4n) is 3.56. The summed E-state index contributed by atoms with van der Waals surface area (Å²) in [7, 11) is -2.31. The lowest BCUT2D eigenvalue weighted by molar-refractivity contribution is 0.0914. The second-order valence-electron chi connectivity index (χ2n) is 7.78. The molecule has 0 aliphatic carbocycles. The summed E-state index contributed by atoms with van der Waals surface area (Å²) in [4.78, 5) is 15.2. The van der Waals surface area contributed by atoms with Gasteiger partial charge in [0.05, 0.1) is 7.11 Å². The van der Waals surface area contributed by atoms with Crippen molar-refractivity contribution in [2.45, 2.75) is 51.5 Å². The van der Waals surface area contributed by atoms with Crippen molar-refractivity contribution in [3.05, 3.63) is 35.4 Å². The number of carbonyl (C=O) groups is 1. The van der Waals surface area contributed by atoms with E-state index in [9.17, 15) is 13.2 Å². The molecule has 1 heterocycles. The molecule has 0 saturated carbocycles. The van der Waals surface area contributed by atoms with Crippen molar-refractivity contribution in [1.29, 1.82) is 0 Å². The first kappa shape index (κ1) is 24.4. The maximum atomic E-state index is 13.0. The molecule has 30 heavy (non-hydrogen) atoms. The quantitative estimate of drug-likeness (QED) is 0.601. The molecule has 168 valence electrons. The van der Waals surface area contributed by atoms with E-state index in [1.54, 1.807) is 26.0 Å². The van der Waals surface area contributed by atoms with Crippen molar-refractivity contribution in [1.82, 2.24) is 14.5 Å². The van der Waals surface area contributed by atoms with Crippen molar-refractivity contribution in [3.8, 4) is 5.75 Å². The first-order chi connectivity index (χ1) is 14.2. The minimum Gasteiger partial charge on any atom is -0.495 e. The lowest BCUT2D eigenvalue weighted by atomic mass is 10.0. The number of benzene rings is 1. The number of piperidine rings is 1. The zero-order valence-electron chi connectivity index (χ0n) is 18.8. The summed E-state index contributed by atoms with van der Waals surface area (Å²) < 4.78 is 32.6. The van der Waals surface area contributed by atoms with Crippen LogP contribution in [-0.2, 0) is 10.0 Å². The molecule has 1 amide bonds. The summed E-state index contributed by atoms with van der Waals surface area (Å²) in [5, 5.41) is 3.06. The molecular formula is C22H35N3O4S. The van der Waals surface area contributed by atoms with Crippen LogP contribution in [0.3, 0.4) is 0 Å². The highest BCUT2D eigenvalue weighted by Gasteiger charge is 2.27. The van der Waals surface area contributed by atoms with Crippen molar-refractivity contribution >= 4 is 15.9 Å². The summed E-state index contributed by atoms with van der Waals surface area (Å²) in [6.45, 7) is 11.3. The van der Waals surface area contributed by atoms with Crippen LogP contribution in [0.25, 0.3) is 0 Å². The van der Waals surface area contributed by atoms with E-state index in [-0.39, 0.29) is 22.6 Å². The zero-order valence-corrected chi connectivity index (χ0v) is 19.6. The Morgan fingerprint density at radius 3 is 2.40 bits per heavy atom. The number of likely N-dealkylation sites (tertiary alicyclic amines) is 1. The minimum absolute atomic E-state index is 0.0258. The van der Waals surface area contributed by atoms with E-state index in [2.05, 4.69) is 30.1 Å². The molecule has 0 atom stereocenters. The molecule has 7 nitrogen and oxygen atoms in total. The van der Waals surface area contributed by atoms with Crippen LogP contribution in [0.2, 0.25) is 0 Å². The van der Waals surface area contributed by atoms with Crippen molar-refractivity contribution < 1.29 is 17.9 Å². The van der Waals surface area contributed by atoms with Crippen molar-refractivity contribution in [2.75, 3.05) is 39.8 Å². The number of rotatable bonds is 9. The first-order valence-electron chi connectivity index (χ1n) is 10.6. The number of hydrogen-bond donors (Lipinski definition) is 1. The fraction of sp³-hybridized carbons (Fsp3) is 0.591. The molecule has 1 aliphatic heterocycles. The maximum absolute atomic E-state index is 13.0. The number of hydrogen-bond acceptors (Lipinski definition) is 5. The topological polar surface area (TPSA) is 79.0 Å². The lowest BCUT2D eigenvalue weighted by Gasteiger charge is -2.31. The number of carbonyl (C=O) groups excluding carboxylic acids is 1. The van der Waals surface area contributed by atoms with Gasteiger partial charge in [0.25, 0.3) is 5.91 Å². The molecule has 1 aromatic carbocycles. The van der Waals surface area contributed by atoms with Gasteiger partial charge in [-0.15, -0.1) is 0 Å². The molecule has 8 heteroatoms. The first-order valence-corrected chi connectivity index (χ1v) is 12.0. The second-order valence-corrected chi connectivity index (χ2v) is 9.69. The maximum Gasteiger partial charge on any atom is 0.251 e. The average Bonchev–Trinajstić information content (AvgIpc) is 2.73. The molecular weight excluding hydrogens is 402 g/mol. The van der Waals surface area contributed by atoms with E-state index in [1.807, 2.05) is 0 Å². The molecule has 1 N–H and O–H groups in total. The van der Waals surface area contributed by atoms with E-state index >= 15 is 0 Å². The van der Waals surface area contributed by atoms with Gasteiger partial charge in [0, 0.05) is 44.3 Å². The third-order valence-corrected chi connectivity index (χ3v) is 7.50. The highest BCUT2D eigenvalue weighted by molar-refractivity contribution is 7.89. The minimum atomic E-state index is -3.74. The summed E-state index contributed by atoms with van der Waals surface area (Å²) in [6.07, 6.45) is 3.97. The van der Waals surface area contributed by atoms with E-state index in [0.29, 0.717) is 18.7 Å². The number of allylic oxidation sites excluding steroid dienone is 1. The Kier molecular flexibility index (Phi) is 8.88. The number of sulfonamides is 1. The van der Waals surface area contributed by atoms with Gasteiger partial charge in [0.2, 0.25) is 10.0 Å². The Bertz CT molecular complexity index is 851. The molecule has 1 aromatic rings. The molecule has 0 bridgehead atoms. The highest BCUT2D eigenvalue weighted by Crippen LogP contribution is 2.28. The van der Waals surface area contributed by atoms with Gasteiger partial charge in [-0.25, -0.2) is 8.42 Å². The van der Waals surface area contributed by atoms with E-state index in [0.717, 1.165) is 32.5 Å². The smallest absolute Gasteiger partial charge is 0.251 e. The SMILES string of the molecule is CCN(CC)S(=O)(=O)c1cc(C(=O)NC2CCN(CC=C(C)C)CC2)ccc1OC. The molecule has 1 saturated heterocycles. The monoisotopic (exact) mass is 437 g/mol. The number of amides is 1. The third kappa shape index (κ3) is 6.06. The van der Waals surface area contributed by atoms with Gasteiger partial charge in [-0.2, -0.15) is 4.31 Å². The van der Waals surface area contributed by atoms with Gasteiger partial charge in [-0.05, 0) is 44.9 Å². The molecule has 0 unspecified atom stereocenters. The van der Waals surface area contributed by atoms with Crippen LogP contribution in [0.15, 0.2) is 34.7 Å². The zero-order chi connectivity index (χ0) is 22.3. The molecule has 2 rings (SSSR count). The largest absolute Gasteiger partial charge is 0.495 e. The Hall–Kier alpha value is -1.90. The Labute approximate surface area is 181 Å². The van der Waals surface area contributed by atoms with E-state index in [1.165, 1.54) is 23.1 Å². The van der Waals surface area contributed by atoms with Gasteiger partial charge in [0.15, 0.2) is 0 Å². The van der Waals surface area contributed by atoms with Crippen LogP contribution < -0.4 is 10.1 Å². The van der Waals surface area contributed by atoms with E-state index in [4.69, 9.17) is 4.74 Å². The molecule has 0 spiro atoms. The summed E-state index contributed by atoms with van der Waals surface area (Å²) in [5.74, 6) is -0.0116. The van der Waals surface area contributed by atoms with Crippen LogP contribution >= 0.6 is 0 Å². The molecule has 0 aromatic heterocycles. The summed E-state index contributed by atoms with van der Waals surface area (Å²) in [5.41, 5.74) is 1.63. The molecule has 1 aliphatic rings. The van der Waals surface area contributed by atoms with Crippen molar-refractivity contribution in [3.63, 3.8) is 0 Å². The number of methoxy groups -OCH3 is 1. The molecule has 0 radical (unpaired) electrons. The normalized spacial score (nSPS) is 15.8. The van der Waals surface area contributed by atoms with Crippen molar-refractivity contribution in [2.24, 2.45) is 0 Å². The van der Waals surface area contributed by atoms with Gasteiger partial charge in [-0.1, -0.05) is 25.5 Å². The van der Waals surface area contributed by atoms with Gasteiger partial charge in [-0.3, -0.25) is 9.69 Å². The standard InChI is InChI=1S/C22H35N3O4S/c1-6-25(7-2)30(27,28)21-16-18(8-9-20(21)29-5)22(26)23-19-11-14-24(15-12-19)13-10-17(3)4/h8-10,16,19H,6-7,11-15H2,1-5H3,(H,23,26). The van der Waals surface area contributed by atoms with Gasteiger partial charge < -0.3 is 10.1 Å². The number of ether oxygens (including phenoxy) is 1. The Morgan fingerprint density at radius 2 is 1.87 bits per heavy atom. The number of nitrogens with zero attached hydrogens (tertiary/aromatic N) is 2. The van der Waals surface area contributed by atoms with Crippen LogP contribution in [0.1, 0.15) is 50.9 Å². The van der Waals surface area contributed by atoms with Crippen LogP contribution in [-0.4, -0.2) is 69.4 Å². The average molecular weight is 438 g/mol. The van der Waals surface area contributed by atoms with Crippen LogP contribution in [0.4, 0.5) is 0 Å². The molecule has 1 fully saturated rings. The Balaban J connectivity index is 2.11. The lowest BCUT2D eigenvalue weighted by Crippen LogP contribution is -2.44. The van der Waals surface area contributed by atoms with Gasteiger partial charge in [0.1, 0.15) is 10.6 Å². The predicted octanol–water partition coefficient (Wildman–Crippen LogP) is 2.89. The Morgan fingerprint density at radius 1 is 1.23 bits per heavy atom. The summed E-state index contributed by atoms with van der Waals surface area (Å²) >= 11 is 0. The van der Waals surface area contributed by atoms with E-state index < -0.39 is 10.0 Å². The predicted molar refractivity (Wildman–Crippen MR) is 119 cm³/mol. The second kappa shape index (κ2) is 10.9. The van der Waals surface area contributed by atoms with Gasteiger partial charge >= 0.3 is 0 Å². The summed E-state index contributed by atoms with van der Waals surface area (Å²) in [6, 6.07) is 4.67. The third-order valence-electron chi connectivity index (χ3n) is 5.43. The number of nitrogens with one attached hydrogen (secondary N) is 1.